The maximum Gasteiger partial charge on any atom is 0.356 e. The highest BCUT2D eigenvalue weighted by molar-refractivity contribution is 7.09. The standard InChI is InChI=1S/C12H19N3O3S/c1-3-18-11(16)10-9(19-12(17)13-10)8-15-6-4-14(2)5-7-15/h3-8H2,1-2H3,(H,13,17). The highest BCUT2D eigenvalue weighted by Crippen LogP contribution is 2.15. The zero-order valence-corrected chi connectivity index (χ0v) is 12.1. The van der Waals surface area contributed by atoms with Gasteiger partial charge in [-0.3, -0.25) is 9.69 Å². The summed E-state index contributed by atoms with van der Waals surface area (Å²) in [6, 6.07) is 0. The molecule has 1 aliphatic heterocycles. The molecule has 1 N–H and O–H groups in total. The van der Waals surface area contributed by atoms with E-state index in [1.807, 2.05) is 0 Å². The first-order valence-electron chi connectivity index (χ1n) is 6.40. The minimum atomic E-state index is -0.440. The molecule has 0 aromatic carbocycles. The molecule has 2 rings (SSSR count). The van der Waals surface area contributed by atoms with E-state index in [0.29, 0.717) is 18.8 Å². The average molecular weight is 285 g/mol. The predicted molar refractivity (Wildman–Crippen MR) is 73.7 cm³/mol. The van der Waals surface area contributed by atoms with E-state index in [9.17, 15) is 9.59 Å². The van der Waals surface area contributed by atoms with Crippen LogP contribution in [-0.4, -0.2) is 60.6 Å². The van der Waals surface area contributed by atoms with Gasteiger partial charge in [0.15, 0.2) is 0 Å². The van der Waals surface area contributed by atoms with Crippen molar-refractivity contribution in [2.24, 2.45) is 0 Å². The normalized spacial score (nSPS) is 17.6. The SMILES string of the molecule is CCOC(=O)c1[nH]c(=O)sc1CN1CCN(C)CC1. The van der Waals surface area contributed by atoms with E-state index >= 15 is 0 Å². The highest BCUT2D eigenvalue weighted by Gasteiger charge is 2.21. The van der Waals surface area contributed by atoms with Crippen LogP contribution in [0.5, 0.6) is 0 Å². The van der Waals surface area contributed by atoms with E-state index in [1.165, 1.54) is 0 Å². The molecule has 1 saturated heterocycles. The lowest BCUT2D eigenvalue weighted by molar-refractivity contribution is 0.0517. The number of thiazole rings is 1. The Morgan fingerprint density at radius 2 is 2.05 bits per heavy atom. The molecule has 0 bridgehead atoms. The van der Waals surface area contributed by atoms with Crippen LogP contribution in [0.4, 0.5) is 0 Å². The van der Waals surface area contributed by atoms with Gasteiger partial charge in [0.25, 0.3) is 0 Å². The Bertz CT molecular complexity index is 489. The fraction of sp³-hybridized carbons (Fsp3) is 0.667. The van der Waals surface area contributed by atoms with Gasteiger partial charge in [-0.1, -0.05) is 11.3 Å². The number of carbonyl (C=O) groups is 1. The third-order valence-corrected chi connectivity index (χ3v) is 4.03. The quantitative estimate of drug-likeness (QED) is 0.809. The van der Waals surface area contributed by atoms with Crippen molar-refractivity contribution in [2.75, 3.05) is 39.8 Å². The second kappa shape index (κ2) is 6.31. The van der Waals surface area contributed by atoms with Gasteiger partial charge in [-0.25, -0.2) is 4.79 Å². The number of hydrogen-bond donors (Lipinski definition) is 1. The first-order valence-corrected chi connectivity index (χ1v) is 7.21. The van der Waals surface area contributed by atoms with Crippen molar-refractivity contribution < 1.29 is 9.53 Å². The molecule has 0 spiro atoms. The van der Waals surface area contributed by atoms with Gasteiger partial charge in [0, 0.05) is 32.7 Å². The molecular weight excluding hydrogens is 266 g/mol. The van der Waals surface area contributed by atoms with Crippen molar-refractivity contribution >= 4 is 17.3 Å². The van der Waals surface area contributed by atoms with Crippen LogP contribution in [0.15, 0.2) is 4.79 Å². The molecule has 19 heavy (non-hydrogen) atoms. The smallest absolute Gasteiger partial charge is 0.356 e. The van der Waals surface area contributed by atoms with Crippen molar-refractivity contribution in [2.45, 2.75) is 13.5 Å². The first-order chi connectivity index (χ1) is 9.10. The molecule has 1 fully saturated rings. The summed E-state index contributed by atoms with van der Waals surface area (Å²) in [4.78, 5) is 30.9. The lowest BCUT2D eigenvalue weighted by Crippen LogP contribution is -2.43. The Morgan fingerprint density at radius 1 is 1.37 bits per heavy atom. The Labute approximate surface area is 116 Å². The van der Waals surface area contributed by atoms with Crippen molar-refractivity contribution in [1.82, 2.24) is 14.8 Å². The summed E-state index contributed by atoms with van der Waals surface area (Å²) in [5, 5.41) is 0. The van der Waals surface area contributed by atoms with Crippen LogP contribution in [0.1, 0.15) is 22.3 Å². The van der Waals surface area contributed by atoms with Gasteiger partial charge < -0.3 is 14.6 Å². The molecule has 0 radical (unpaired) electrons. The average Bonchev–Trinajstić information content (AvgIpc) is 2.74. The van der Waals surface area contributed by atoms with Crippen LogP contribution in [-0.2, 0) is 11.3 Å². The van der Waals surface area contributed by atoms with Crippen LogP contribution in [0.3, 0.4) is 0 Å². The molecule has 2 heterocycles. The van der Waals surface area contributed by atoms with Gasteiger partial charge in [0.05, 0.1) is 11.5 Å². The largest absolute Gasteiger partial charge is 0.461 e. The maximum atomic E-state index is 11.8. The van der Waals surface area contributed by atoms with Gasteiger partial charge in [-0.15, -0.1) is 0 Å². The number of hydrogen-bond acceptors (Lipinski definition) is 6. The zero-order valence-electron chi connectivity index (χ0n) is 11.3. The number of aromatic nitrogens is 1. The van der Waals surface area contributed by atoms with E-state index in [1.54, 1.807) is 6.92 Å². The molecule has 0 saturated carbocycles. The Morgan fingerprint density at radius 3 is 2.68 bits per heavy atom. The third-order valence-electron chi connectivity index (χ3n) is 3.16. The summed E-state index contributed by atoms with van der Waals surface area (Å²) in [6.45, 7) is 6.61. The number of aromatic amines is 1. The van der Waals surface area contributed by atoms with Crippen LogP contribution < -0.4 is 4.87 Å². The molecule has 6 nitrogen and oxygen atoms in total. The van der Waals surface area contributed by atoms with Crippen LogP contribution in [0, 0.1) is 0 Å². The fourth-order valence-electron chi connectivity index (χ4n) is 2.05. The molecule has 106 valence electrons. The zero-order chi connectivity index (χ0) is 13.8. The summed E-state index contributed by atoms with van der Waals surface area (Å²) in [5.74, 6) is -0.440. The summed E-state index contributed by atoms with van der Waals surface area (Å²) >= 11 is 1.10. The van der Waals surface area contributed by atoms with Gasteiger partial charge >= 0.3 is 10.8 Å². The second-order valence-electron chi connectivity index (χ2n) is 4.61. The van der Waals surface area contributed by atoms with Gasteiger partial charge in [-0.2, -0.15) is 0 Å². The van der Waals surface area contributed by atoms with Crippen molar-refractivity contribution in [3.8, 4) is 0 Å². The Balaban J connectivity index is 2.07. The number of nitrogens with one attached hydrogen (secondary N) is 1. The fourth-order valence-corrected chi connectivity index (χ4v) is 2.91. The van der Waals surface area contributed by atoms with Crippen LogP contribution in [0.25, 0.3) is 0 Å². The number of carbonyl (C=O) groups excluding carboxylic acids is 1. The Hall–Kier alpha value is -1.18. The Kier molecular flexibility index (Phi) is 4.73. The maximum absolute atomic E-state index is 11.8. The van der Waals surface area contributed by atoms with Crippen molar-refractivity contribution in [3.05, 3.63) is 20.2 Å². The van der Waals surface area contributed by atoms with Gasteiger partial charge in [-0.05, 0) is 14.0 Å². The minimum absolute atomic E-state index is 0.202. The molecule has 0 atom stereocenters. The van der Waals surface area contributed by atoms with Crippen molar-refractivity contribution in [3.63, 3.8) is 0 Å². The topological polar surface area (TPSA) is 65.6 Å². The number of esters is 1. The first kappa shape index (κ1) is 14.2. The number of likely N-dealkylation sites (N-methyl/N-ethyl adjacent to an activating group) is 1. The summed E-state index contributed by atoms with van der Waals surface area (Å²) in [5.41, 5.74) is 0.316. The number of H-pyrrole nitrogens is 1. The predicted octanol–water partition coefficient (Wildman–Crippen LogP) is 0.361. The molecule has 7 heteroatoms. The second-order valence-corrected chi connectivity index (χ2v) is 5.68. The number of nitrogens with zero attached hydrogens (tertiary/aromatic N) is 2. The molecule has 1 aromatic heterocycles. The third kappa shape index (κ3) is 3.65. The van der Waals surface area contributed by atoms with Gasteiger partial charge in [0.1, 0.15) is 5.69 Å². The van der Waals surface area contributed by atoms with E-state index in [-0.39, 0.29) is 4.87 Å². The van der Waals surface area contributed by atoms with Gasteiger partial charge in [0.2, 0.25) is 0 Å². The highest BCUT2D eigenvalue weighted by atomic mass is 32.1. The lowest BCUT2D eigenvalue weighted by Gasteiger charge is -2.31. The number of rotatable bonds is 4. The van der Waals surface area contributed by atoms with E-state index in [0.717, 1.165) is 42.4 Å². The van der Waals surface area contributed by atoms with Crippen molar-refractivity contribution in [1.29, 1.82) is 0 Å². The number of piperazine rings is 1. The minimum Gasteiger partial charge on any atom is -0.461 e. The van der Waals surface area contributed by atoms with Crippen LogP contribution in [0.2, 0.25) is 0 Å². The van der Waals surface area contributed by atoms with E-state index in [2.05, 4.69) is 21.8 Å². The lowest BCUT2D eigenvalue weighted by atomic mass is 10.3. The summed E-state index contributed by atoms with van der Waals surface area (Å²) in [7, 11) is 2.09. The monoisotopic (exact) mass is 285 g/mol. The van der Waals surface area contributed by atoms with Crippen LogP contribution >= 0.6 is 11.3 Å². The molecule has 1 aliphatic rings. The molecule has 0 aliphatic carbocycles. The molecule has 0 amide bonds. The molecule has 1 aromatic rings. The van der Waals surface area contributed by atoms with E-state index in [4.69, 9.17) is 4.74 Å². The molecule has 0 unspecified atom stereocenters. The number of ether oxygens (including phenoxy) is 1. The molecular formula is C12H19N3O3S. The van der Waals surface area contributed by atoms with E-state index < -0.39 is 5.97 Å². The summed E-state index contributed by atoms with van der Waals surface area (Å²) < 4.78 is 4.96. The summed E-state index contributed by atoms with van der Waals surface area (Å²) in [6.07, 6.45) is 0.